The maximum absolute atomic E-state index is 16.1. The second-order valence-corrected chi connectivity index (χ2v) is 15.8. The minimum Gasteiger partial charge on any atom is -0.476 e. The van der Waals surface area contributed by atoms with E-state index in [1.165, 1.54) is 16.5 Å². The van der Waals surface area contributed by atoms with E-state index in [9.17, 15) is 4.79 Å². The maximum Gasteiger partial charge on any atom is 0.410 e. The second kappa shape index (κ2) is 19.1. The summed E-state index contributed by atoms with van der Waals surface area (Å²) >= 11 is 0. The average molecular weight is 774 g/mol. The molecule has 10 nitrogen and oxygen atoms in total. The van der Waals surface area contributed by atoms with Crippen LogP contribution in [0.1, 0.15) is 89.0 Å². The average Bonchev–Trinajstić information content (AvgIpc) is 3.20. The molecule has 2 saturated heterocycles. The standard InChI is InChI=1S/C44H57F2N5O5/c1-32(34-15-12-16-36(29-34)44(45,46)35-19-21-51(22-20-35)42(52)56-43(2,3)4)47-40-39-30-37(50-23-27-53-28-24-50)17-18-38(39)41(49-48-40)55-26-11-6-5-10-25-54-31-33-13-8-7-9-14-33/h7-9,12-18,29-30,32,35H,5-6,10-11,19-28,31H2,1-4H3,(H,47,48)/t32-/m1/s1. The fourth-order valence-electron chi connectivity index (χ4n) is 7.23. The van der Waals surface area contributed by atoms with Crippen molar-refractivity contribution in [1.29, 1.82) is 0 Å². The van der Waals surface area contributed by atoms with Crippen LogP contribution in [0.15, 0.2) is 72.8 Å². The van der Waals surface area contributed by atoms with Crippen molar-refractivity contribution in [2.75, 3.05) is 62.8 Å². The number of unbranched alkanes of at least 4 members (excludes halogenated alkanes) is 3. The minimum absolute atomic E-state index is 0.0339. The van der Waals surface area contributed by atoms with E-state index in [0.717, 1.165) is 61.8 Å². The highest BCUT2D eigenvalue weighted by molar-refractivity contribution is 5.97. The number of benzene rings is 3. The van der Waals surface area contributed by atoms with Crippen LogP contribution in [-0.4, -0.2) is 79.4 Å². The van der Waals surface area contributed by atoms with Crippen LogP contribution < -0.4 is 15.0 Å². The number of carbonyl (C=O) groups excluding carboxylic acids is 1. The molecule has 302 valence electrons. The van der Waals surface area contributed by atoms with Gasteiger partial charge in [0.25, 0.3) is 5.92 Å². The van der Waals surface area contributed by atoms with Gasteiger partial charge in [-0.3, -0.25) is 0 Å². The summed E-state index contributed by atoms with van der Waals surface area (Å²) in [4.78, 5) is 16.3. The first-order valence-electron chi connectivity index (χ1n) is 20.1. The number of amides is 1. The Kier molecular flexibility index (Phi) is 14.0. The molecule has 0 saturated carbocycles. The highest BCUT2D eigenvalue weighted by Crippen LogP contribution is 2.42. The van der Waals surface area contributed by atoms with E-state index in [1.807, 2.05) is 37.3 Å². The van der Waals surface area contributed by atoms with E-state index < -0.39 is 23.5 Å². The van der Waals surface area contributed by atoms with Crippen LogP contribution in [-0.2, 0) is 26.7 Å². The summed E-state index contributed by atoms with van der Waals surface area (Å²) in [7, 11) is 0. The Bertz CT molecular complexity index is 1860. The summed E-state index contributed by atoms with van der Waals surface area (Å²) in [6.45, 7) is 12.6. The first-order valence-corrected chi connectivity index (χ1v) is 20.1. The Balaban J connectivity index is 1.09. The number of aromatic nitrogens is 2. The van der Waals surface area contributed by atoms with Gasteiger partial charge in [-0.15, -0.1) is 10.2 Å². The van der Waals surface area contributed by atoms with Gasteiger partial charge in [-0.05, 0) is 95.2 Å². The molecular formula is C44H57F2N5O5. The molecule has 1 atom stereocenters. The van der Waals surface area contributed by atoms with Gasteiger partial charge in [-0.1, -0.05) is 55.0 Å². The SMILES string of the molecule is C[C@@H](Nc1nnc(OCCCCCCOCc2ccccc2)c2ccc(N3CCOCC3)cc12)c1cccc(C(F)(F)C2CCN(C(=O)OC(C)(C)C)CC2)c1. The van der Waals surface area contributed by atoms with Crippen molar-refractivity contribution in [3.8, 4) is 5.88 Å². The van der Waals surface area contributed by atoms with E-state index in [4.69, 9.17) is 18.9 Å². The monoisotopic (exact) mass is 773 g/mol. The zero-order valence-corrected chi connectivity index (χ0v) is 33.3. The molecular weight excluding hydrogens is 717 g/mol. The van der Waals surface area contributed by atoms with Gasteiger partial charge in [0, 0.05) is 60.7 Å². The van der Waals surface area contributed by atoms with Crippen LogP contribution in [0.5, 0.6) is 5.88 Å². The number of likely N-dealkylation sites (tertiary alicyclic amines) is 1. The number of nitrogens with one attached hydrogen (secondary N) is 1. The van der Waals surface area contributed by atoms with Crippen molar-refractivity contribution in [3.63, 3.8) is 0 Å². The Morgan fingerprint density at radius 1 is 0.875 bits per heavy atom. The van der Waals surface area contributed by atoms with Crippen molar-refractivity contribution in [1.82, 2.24) is 15.1 Å². The summed E-state index contributed by atoms with van der Waals surface area (Å²) in [5.74, 6) is -2.93. The molecule has 1 aromatic heterocycles. The molecule has 3 aromatic carbocycles. The van der Waals surface area contributed by atoms with Gasteiger partial charge in [-0.25, -0.2) is 13.6 Å². The van der Waals surface area contributed by atoms with E-state index >= 15 is 8.78 Å². The van der Waals surface area contributed by atoms with Crippen molar-refractivity contribution >= 4 is 28.4 Å². The number of carbonyl (C=O) groups is 1. The first-order chi connectivity index (χ1) is 27.0. The number of rotatable bonds is 16. The number of piperidine rings is 1. The Labute approximate surface area is 329 Å². The van der Waals surface area contributed by atoms with Crippen LogP contribution in [0.2, 0.25) is 0 Å². The molecule has 2 fully saturated rings. The van der Waals surface area contributed by atoms with Gasteiger partial charge in [0.15, 0.2) is 5.82 Å². The summed E-state index contributed by atoms with van der Waals surface area (Å²) in [5, 5.41) is 14.2. The van der Waals surface area contributed by atoms with Crippen LogP contribution in [0, 0.1) is 5.92 Å². The minimum atomic E-state index is -3.07. The molecule has 0 unspecified atom stereocenters. The lowest BCUT2D eigenvalue weighted by atomic mass is 9.85. The van der Waals surface area contributed by atoms with Gasteiger partial charge in [0.05, 0.1) is 32.5 Å². The Morgan fingerprint density at radius 3 is 2.34 bits per heavy atom. The fourth-order valence-corrected chi connectivity index (χ4v) is 7.23. The van der Waals surface area contributed by atoms with Crippen molar-refractivity contribution in [3.05, 3.63) is 89.5 Å². The van der Waals surface area contributed by atoms with Crippen LogP contribution in [0.4, 0.5) is 25.1 Å². The lowest BCUT2D eigenvalue weighted by Crippen LogP contribution is -2.44. The zero-order chi connectivity index (χ0) is 39.5. The molecule has 1 N–H and O–H groups in total. The molecule has 0 spiro atoms. The third-order valence-corrected chi connectivity index (χ3v) is 10.4. The van der Waals surface area contributed by atoms with Crippen LogP contribution in [0.25, 0.3) is 10.8 Å². The molecule has 3 heterocycles. The number of anilines is 2. The molecule has 56 heavy (non-hydrogen) atoms. The van der Waals surface area contributed by atoms with Gasteiger partial charge in [-0.2, -0.15) is 0 Å². The number of fused-ring (bicyclic) bond motifs is 1. The molecule has 2 aliphatic heterocycles. The van der Waals surface area contributed by atoms with E-state index in [1.54, 1.807) is 32.9 Å². The van der Waals surface area contributed by atoms with Crippen molar-refractivity contribution < 1.29 is 32.5 Å². The Morgan fingerprint density at radius 2 is 1.61 bits per heavy atom. The summed E-state index contributed by atoms with van der Waals surface area (Å²) in [6, 6.07) is 22.7. The summed E-state index contributed by atoms with van der Waals surface area (Å²) < 4.78 is 55.2. The topological polar surface area (TPSA) is 98.3 Å². The first kappa shape index (κ1) is 41.1. The summed E-state index contributed by atoms with van der Waals surface area (Å²) in [6.07, 6.45) is 3.87. The highest BCUT2D eigenvalue weighted by atomic mass is 19.3. The smallest absolute Gasteiger partial charge is 0.410 e. The molecule has 0 radical (unpaired) electrons. The molecule has 1 amide bonds. The normalized spacial score (nSPS) is 16.2. The lowest BCUT2D eigenvalue weighted by molar-refractivity contribution is -0.0861. The second-order valence-electron chi connectivity index (χ2n) is 15.8. The maximum atomic E-state index is 16.1. The largest absolute Gasteiger partial charge is 0.476 e. The predicted octanol–water partition coefficient (Wildman–Crippen LogP) is 9.53. The zero-order valence-electron chi connectivity index (χ0n) is 33.3. The molecule has 0 bridgehead atoms. The quantitative estimate of drug-likeness (QED) is 0.112. The number of morpholine rings is 1. The van der Waals surface area contributed by atoms with Crippen LogP contribution >= 0.6 is 0 Å². The van der Waals surface area contributed by atoms with Gasteiger partial charge >= 0.3 is 6.09 Å². The highest BCUT2D eigenvalue weighted by Gasteiger charge is 2.44. The van der Waals surface area contributed by atoms with E-state index in [-0.39, 0.29) is 37.5 Å². The number of halogens is 2. The van der Waals surface area contributed by atoms with Crippen molar-refractivity contribution in [2.24, 2.45) is 5.92 Å². The van der Waals surface area contributed by atoms with Gasteiger partial charge in [0.1, 0.15) is 5.60 Å². The number of hydrogen-bond donors (Lipinski definition) is 1. The number of alkyl halides is 2. The van der Waals surface area contributed by atoms with E-state index in [0.29, 0.717) is 43.7 Å². The van der Waals surface area contributed by atoms with Gasteiger partial charge in [0.2, 0.25) is 5.88 Å². The summed E-state index contributed by atoms with van der Waals surface area (Å²) in [5.41, 5.74) is 2.26. The Hall–Kier alpha value is -4.55. The van der Waals surface area contributed by atoms with Crippen LogP contribution in [0.3, 0.4) is 0 Å². The third kappa shape index (κ3) is 11.1. The number of nitrogens with zero attached hydrogens (tertiary/aromatic N) is 4. The number of ether oxygens (including phenoxy) is 4. The lowest BCUT2D eigenvalue weighted by Gasteiger charge is -2.36. The molecule has 6 rings (SSSR count). The molecule has 2 aliphatic rings. The molecule has 4 aromatic rings. The number of hydrogen-bond acceptors (Lipinski definition) is 9. The predicted molar refractivity (Wildman–Crippen MR) is 216 cm³/mol. The van der Waals surface area contributed by atoms with Gasteiger partial charge < -0.3 is 34.1 Å². The fraction of sp³-hybridized carbons (Fsp3) is 0.523. The van der Waals surface area contributed by atoms with Crippen molar-refractivity contribution in [2.45, 2.75) is 90.4 Å². The third-order valence-electron chi connectivity index (χ3n) is 10.4. The van der Waals surface area contributed by atoms with E-state index in [2.05, 4.69) is 44.7 Å². The molecule has 12 heteroatoms. The molecule has 0 aliphatic carbocycles.